The predicted molar refractivity (Wildman–Crippen MR) is 71.4 cm³/mol. The van der Waals surface area contributed by atoms with Crippen molar-refractivity contribution < 1.29 is 19.1 Å². The third-order valence-electron chi connectivity index (χ3n) is 2.22. The Labute approximate surface area is 112 Å². The molecule has 18 heavy (non-hydrogen) atoms. The van der Waals surface area contributed by atoms with Gasteiger partial charge >= 0.3 is 5.97 Å². The van der Waals surface area contributed by atoms with Gasteiger partial charge in [-0.05, 0) is 13.3 Å². The van der Waals surface area contributed by atoms with Gasteiger partial charge in [-0.2, -0.15) is 0 Å². The van der Waals surface area contributed by atoms with E-state index in [2.05, 4.69) is 10.1 Å². The molecule has 0 saturated heterocycles. The van der Waals surface area contributed by atoms with Crippen molar-refractivity contribution in [1.82, 2.24) is 5.32 Å². The Bertz CT molecular complexity index is 263. The summed E-state index contributed by atoms with van der Waals surface area (Å²) >= 11 is 1.33. The quantitative estimate of drug-likeness (QED) is 0.447. The lowest BCUT2D eigenvalue weighted by atomic mass is 10.4. The highest BCUT2D eigenvalue weighted by atomic mass is 32.2. The summed E-state index contributed by atoms with van der Waals surface area (Å²) in [7, 11) is 2.91. The highest BCUT2D eigenvalue weighted by Crippen LogP contribution is 2.11. The number of nitrogens with one attached hydrogen (secondary N) is 1. The molecule has 0 aromatic rings. The number of thioether (sulfide) groups is 1. The molecule has 0 fully saturated rings. The maximum atomic E-state index is 11.6. The van der Waals surface area contributed by atoms with Gasteiger partial charge in [0.2, 0.25) is 5.91 Å². The van der Waals surface area contributed by atoms with Crippen molar-refractivity contribution in [3.8, 4) is 0 Å². The van der Waals surface area contributed by atoms with E-state index in [9.17, 15) is 9.59 Å². The van der Waals surface area contributed by atoms with E-state index < -0.39 is 12.0 Å². The normalized spacial score (nSPS) is 13.8. The first-order chi connectivity index (χ1) is 8.52. The molecule has 0 spiro atoms. The van der Waals surface area contributed by atoms with Crippen molar-refractivity contribution in [3.05, 3.63) is 0 Å². The minimum absolute atomic E-state index is 0.0619. The van der Waals surface area contributed by atoms with E-state index >= 15 is 0 Å². The van der Waals surface area contributed by atoms with Crippen LogP contribution in [-0.2, 0) is 19.1 Å². The van der Waals surface area contributed by atoms with Crippen LogP contribution in [0.2, 0.25) is 0 Å². The molecule has 0 aromatic carbocycles. The fourth-order valence-corrected chi connectivity index (χ4v) is 1.98. The number of ether oxygens (including phenoxy) is 2. The molecular weight excluding hydrogens is 256 g/mol. The van der Waals surface area contributed by atoms with Gasteiger partial charge in [-0.1, -0.05) is 0 Å². The number of hydrogen-bond donors (Lipinski definition) is 2. The van der Waals surface area contributed by atoms with Crippen LogP contribution in [0.4, 0.5) is 0 Å². The molecule has 2 unspecified atom stereocenters. The zero-order chi connectivity index (χ0) is 14.0. The predicted octanol–water partition coefficient (Wildman–Crippen LogP) is -0.239. The van der Waals surface area contributed by atoms with Gasteiger partial charge in [0.05, 0.1) is 12.4 Å². The third-order valence-corrected chi connectivity index (χ3v) is 3.49. The molecule has 0 aromatic heterocycles. The molecule has 6 nitrogen and oxygen atoms in total. The molecule has 3 N–H and O–H groups in total. The maximum absolute atomic E-state index is 11.6. The average molecular weight is 278 g/mol. The minimum atomic E-state index is -0.691. The number of methoxy groups -OCH3 is 2. The maximum Gasteiger partial charge on any atom is 0.323 e. The van der Waals surface area contributed by atoms with Crippen molar-refractivity contribution in [2.75, 3.05) is 33.1 Å². The first kappa shape index (κ1) is 17.2. The monoisotopic (exact) mass is 278 g/mol. The second-order valence-electron chi connectivity index (χ2n) is 3.74. The van der Waals surface area contributed by atoms with E-state index in [0.717, 1.165) is 6.42 Å². The van der Waals surface area contributed by atoms with E-state index in [1.807, 2.05) is 0 Å². The van der Waals surface area contributed by atoms with E-state index in [0.29, 0.717) is 18.9 Å². The molecule has 0 radical (unpaired) electrons. The molecule has 106 valence electrons. The number of esters is 1. The molecular formula is C11H22N2O4S. The lowest BCUT2D eigenvalue weighted by Crippen LogP contribution is -2.37. The summed E-state index contributed by atoms with van der Waals surface area (Å²) < 4.78 is 9.38. The SMILES string of the molecule is COCCCNC(=O)C(C)SCC(N)C(=O)OC. The zero-order valence-corrected chi connectivity index (χ0v) is 11.9. The van der Waals surface area contributed by atoms with E-state index in [4.69, 9.17) is 10.5 Å². The van der Waals surface area contributed by atoms with Crippen LogP contribution in [0.25, 0.3) is 0 Å². The van der Waals surface area contributed by atoms with Gasteiger partial charge in [0.15, 0.2) is 0 Å². The van der Waals surface area contributed by atoms with Crippen LogP contribution >= 0.6 is 11.8 Å². The van der Waals surface area contributed by atoms with Gasteiger partial charge in [0.25, 0.3) is 0 Å². The Morgan fingerprint density at radius 2 is 2.06 bits per heavy atom. The Morgan fingerprint density at radius 3 is 2.61 bits per heavy atom. The number of nitrogens with two attached hydrogens (primary N) is 1. The van der Waals surface area contributed by atoms with Crippen molar-refractivity contribution >= 4 is 23.6 Å². The second kappa shape index (κ2) is 10.2. The number of hydrogen-bond acceptors (Lipinski definition) is 6. The summed E-state index contributed by atoms with van der Waals surface area (Å²) in [5, 5.41) is 2.54. The Balaban J connectivity index is 3.77. The number of carbonyl (C=O) groups is 2. The summed E-state index contributed by atoms with van der Waals surface area (Å²) in [6.45, 7) is 2.98. The van der Waals surface area contributed by atoms with Gasteiger partial charge in [0.1, 0.15) is 6.04 Å². The molecule has 0 aliphatic rings. The summed E-state index contributed by atoms with van der Waals surface area (Å²) in [5.41, 5.74) is 5.57. The largest absolute Gasteiger partial charge is 0.468 e. The van der Waals surface area contributed by atoms with Gasteiger partial charge in [-0.3, -0.25) is 9.59 Å². The Kier molecular flexibility index (Phi) is 9.72. The first-order valence-corrected chi connectivity index (χ1v) is 6.79. The van der Waals surface area contributed by atoms with Crippen LogP contribution in [0.1, 0.15) is 13.3 Å². The lowest BCUT2D eigenvalue weighted by molar-refractivity contribution is -0.141. The average Bonchev–Trinajstić information content (AvgIpc) is 2.39. The summed E-state index contributed by atoms with van der Waals surface area (Å²) in [6.07, 6.45) is 0.779. The van der Waals surface area contributed by atoms with Crippen LogP contribution < -0.4 is 11.1 Å². The van der Waals surface area contributed by atoms with E-state index in [1.54, 1.807) is 14.0 Å². The third kappa shape index (κ3) is 7.52. The molecule has 7 heteroatoms. The van der Waals surface area contributed by atoms with Gasteiger partial charge in [0, 0.05) is 26.0 Å². The molecule has 1 amide bonds. The zero-order valence-electron chi connectivity index (χ0n) is 11.1. The molecule has 2 atom stereocenters. The molecule has 0 rings (SSSR count). The van der Waals surface area contributed by atoms with Crippen molar-refractivity contribution in [1.29, 1.82) is 0 Å². The molecule has 0 bridgehead atoms. The van der Waals surface area contributed by atoms with Gasteiger partial charge < -0.3 is 20.5 Å². The number of rotatable bonds is 9. The first-order valence-electron chi connectivity index (χ1n) is 5.74. The van der Waals surface area contributed by atoms with E-state index in [-0.39, 0.29) is 11.2 Å². The van der Waals surface area contributed by atoms with Gasteiger partial charge in [-0.15, -0.1) is 11.8 Å². The highest BCUT2D eigenvalue weighted by molar-refractivity contribution is 8.00. The summed E-state index contributed by atoms with van der Waals surface area (Å²) in [5.74, 6) is -0.164. The van der Waals surface area contributed by atoms with Crippen molar-refractivity contribution in [2.45, 2.75) is 24.6 Å². The van der Waals surface area contributed by atoms with Crippen LogP contribution in [0.3, 0.4) is 0 Å². The standard InChI is InChI=1S/C11H22N2O4S/c1-8(10(14)13-5-4-6-16-2)18-7-9(12)11(15)17-3/h8-9H,4-7,12H2,1-3H3,(H,13,14). The molecule has 0 heterocycles. The molecule has 0 saturated carbocycles. The van der Waals surface area contributed by atoms with Crippen LogP contribution in [0.5, 0.6) is 0 Å². The minimum Gasteiger partial charge on any atom is -0.468 e. The summed E-state index contributed by atoms with van der Waals surface area (Å²) in [6, 6.07) is -0.691. The topological polar surface area (TPSA) is 90.6 Å². The smallest absolute Gasteiger partial charge is 0.323 e. The summed E-state index contributed by atoms with van der Waals surface area (Å²) in [4.78, 5) is 22.7. The number of amides is 1. The highest BCUT2D eigenvalue weighted by Gasteiger charge is 2.18. The fraction of sp³-hybridized carbons (Fsp3) is 0.818. The number of carbonyl (C=O) groups excluding carboxylic acids is 2. The van der Waals surface area contributed by atoms with Crippen molar-refractivity contribution in [2.24, 2.45) is 5.73 Å². The Hall–Kier alpha value is -0.790. The fourth-order valence-electron chi connectivity index (χ4n) is 1.11. The lowest BCUT2D eigenvalue weighted by Gasteiger charge is -2.14. The molecule has 0 aliphatic heterocycles. The van der Waals surface area contributed by atoms with Crippen LogP contribution in [-0.4, -0.2) is 56.3 Å². The van der Waals surface area contributed by atoms with Crippen LogP contribution in [0, 0.1) is 0 Å². The second-order valence-corrected chi connectivity index (χ2v) is 5.12. The molecule has 0 aliphatic carbocycles. The Morgan fingerprint density at radius 1 is 1.39 bits per heavy atom. The van der Waals surface area contributed by atoms with Crippen molar-refractivity contribution in [3.63, 3.8) is 0 Å². The van der Waals surface area contributed by atoms with E-state index in [1.165, 1.54) is 18.9 Å². The van der Waals surface area contributed by atoms with Gasteiger partial charge in [-0.25, -0.2) is 0 Å². The van der Waals surface area contributed by atoms with Crippen LogP contribution in [0.15, 0.2) is 0 Å².